The van der Waals surface area contributed by atoms with Crippen LogP contribution in [0.4, 0.5) is 0 Å². The number of aryl methyl sites for hydroxylation is 1. The van der Waals surface area contributed by atoms with Crippen molar-refractivity contribution in [2.75, 3.05) is 20.8 Å². The fraction of sp³-hybridized carbons (Fsp3) is 0.318. The molecule has 1 heterocycles. The van der Waals surface area contributed by atoms with Crippen LogP contribution >= 0.6 is 0 Å². The van der Waals surface area contributed by atoms with Crippen LogP contribution < -0.4 is 4.74 Å². The molecule has 0 radical (unpaired) electrons. The van der Waals surface area contributed by atoms with Crippen LogP contribution in [0.2, 0.25) is 0 Å². The number of ether oxygens (including phenoxy) is 3. The molecule has 0 spiro atoms. The SMILES string of the molecule is COC(=O)c1cc(C)ccc1O[C@H]1C[C@@H](C(=O)OC)N(C(=O)c2ccccc2)C1. The van der Waals surface area contributed by atoms with Crippen molar-refractivity contribution in [3.63, 3.8) is 0 Å². The highest BCUT2D eigenvalue weighted by Crippen LogP contribution is 2.28. The van der Waals surface area contributed by atoms with Crippen molar-refractivity contribution in [1.29, 1.82) is 0 Å². The minimum absolute atomic E-state index is 0.196. The summed E-state index contributed by atoms with van der Waals surface area (Å²) < 4.78 is 15.7. The third-order valence-corrected chi connectivity index (χ3v) is 4.85. The fourth-order valence-corrected chi connectivity index (χ4v) is 3.41. The molecule has 1 amide bonds. The summed E-state index contributed by atoms with van der Waals surface area (Å²) in [5.41, 5.74) is 1.67. The Bertz CT molecular complexity index is 911. The number of benzene rings is 2. The van der Waals surface area contributed by atoms with Crippen molar-refractivity contribution in [2.45, 2.75) is 25.5 Å². The van der Waals surface area contributed by atoms with Gasteiger partial charge in [-0.25, -0.2) is 9.59 Å². The molecule has 7 heteroatoms. The Morgan fingerprint density at radius 2 is 1.72 bits per heavy atom. The summed E-state index contributed by atoms with van der Waals surface area (Å²) in [5.74, 6) is -0.935. The summed E-state index contributed by atoms with van der Waals surface area (Å²) in [6.45, 7) is 2.06. The topological polar surface area (TPSA) is 82.1 Å². The van der Waals surface area contributed by atoms with E-state index in [-0.39, 0.29) is 18.9 Å². The number of amides is 1. The Balaban J connectivity index is 1.84. The van der Waals surface area contributed by atoms with Gasteiger partial charge in [0, 0.05) is 12.0 Å². The Morgan fingerprint density at radius 3 is 2.38 bits per heavy atom. The molecule has 3 rings (SSSR count). The van der Waals surface area contributed by atoms with Crippen molar-refractivity contribution < 1.29 is 28.6 Å². The standard InChI is InChI=1S/C22H23NO6/c1-14-9-10-19(17(11-14)21(25)27-2)29-16-12-18(22(26)28-3)23(13-16)20(24)15-7-5-4-6-8-15/h4-11,16,18H,12-13H2,1-3H3/t16-,18-/m0/s1. The van der Waals surface area contributed by atoms with Crippen LogP contribution in [-0.4, -0.2) is 55.7 Å². The summed E-state index contributed by atoms with van der Waals surface area (Å²) in [4.78, 5) is 38.8. The highest BCUT2D eigenvalue weighted by atomic mass is 16.5. The normalized spacial score (nSPS) is 18.2. The molecule has 1 saturated heterocycles. The minimum atomic E-state index is -0.760. The van der Waals surface area contributed by atoms with Crippen molar-refractivity contribution >= 4 is 17.8 Å². The van der Waals surface area contributed by atoms with Gasteiger partial charge in [0.1, 0.15) is 23.5 Å². The van der Waals surface area contributed by atoms with E-state index in [1.165, 1.54) is 19.1 Å². The maximum atomic E-state index is 12.9. The van der Waals surface area contributed by atoms with E-state index in [9.17, 15) is 14.4 Å². The molecule has 0 aliphatic carbocycles. The number of methoxy groups -OCH3 is 2. The van der Waals surface area contributed by atoms with E-state index in [4.69, 9.17) is 14.2 Å². The number of hydrogen-bond donors (Lipinski definition) is 0. The number of hydrogen-bond acceptors (Lipinski definition) is 6. The molecule has 152 valence electrons. The summed E-state index contributed by atoms with van der Waals surface area (Å²) in [7, 11) is 2.59. The lowest BCUT2D eigenvalue weighted by Crippen LogP contribution is -2.41. The molecular weight excluding hydrogens is 374 g/mol. The zero-order chi connectivity index (χ0) is 21.0. The van der Waals surface area contributed by atoms with Gasteiger partial charge in [-0.3, -0.25) is 4.79 Å². The zero-order valence-corrected chi connectivity index (χ0v) is 16.6. The lowest BCUT2D eigenvalue weighted by atomic mass is 10.1. The summed E-state index contributed by atoms with van der Waals surface area (Å²) in [6, 6.07) is 13.2. The van der Waals surface area contributed by atoms with Crippen LogP contribution in [-0.2, 0) is 14.3 Å². The van der Waals surface area contributed by atoms with E-state index >= 15 is 0 Å². The first kappa shape index (κ1) is 20.4. The van der Waals surface area contributed by atoms with E-state index < -0.39 is 24.1 Å². The first-order chi connectivity index (χ1) is 13.9. The van der Waals surface area contributed by atoms with E-state index in [0.717, 1.165) is 5.56 Å². The van der Waals surface area contributed by atoms with Crippen LogP contribution in [0, 0.1) is 6.92 Å². The van der Waals surface area contributed by atoms with E-state index in [2.05, 4.69) is 0 Å². The van der Waals surface area contributed by atoms with Gasteiger partial charge >= 0.3 is 11.9 Å². The van der Waals surface area contributed by atoms with Gasteiger partial charge in [-0.15, -0.1) is 0 Å². The predicted molar refractivity (Wildman–Crippen MR) is 105 cm³/mol. The number of carbonyl (C=O) groups excluding carboxylic acids is 3. The molecule has 29 heavy (non-hydrogen) atoms. The average molecular weight is 397 g/mol. The quantitative estimate of drug-likeness (QED) is 0.722. The van der Waals surface area contributed by atoms with Gasteiger partial charge in [0.25, 0.3) is 5.91 Å². The van der Waals surface area contributed by atoms with E-state index in [1.807, 2.05) is 19.1 Å². The molecule has 7 nitrogen and oxygen atoms in total. The smallest absolute Gasteiger partial charge is 0.341 e. The van der Waals surface area contributed by atoms with Gasteiger partial charge in [0.05, 0.1) is 20.8 Å². The molecule has 1 fully saturated rings. The second-order valence-electron chi connectivity index (χ2n) is 6.83. The monoisotopic (exact) mass is 397 g/mol. The van der Waals surface area contributed by atoms with E-state index in [1.54, 1.807) is 36.4 Å². The summed E-state index contributed by atoms with van der Waals surface area (Å²) in [6.07, 6.45) is -0.211. The zero-order valence-electron chi connectivity index (χ0n) is 16.6. The van der Waals surface area contributed by atoms with E-state index in [0.29, 0.717) is 16.9 Å². The number of likely N-dealkylation sites (tertiary alicyclic amines) is 1. The van der Waals surface area contributed by atoms with Crippen LogP contribution in [0.25, 0.3) is 0 Å². The van der Waals surface area contributed by atoms with Crippen LogP contribution in [0.1, 0.15) is 32.7 Å². The van der Waals surface area contributed by atoms with Gasteiger partial charge in [0.15, 0.2) is 0 Å². The molecule has 0 N–H and O–H groups in total. The Hall–Kier alpha value is -3.35. The third-order valence-electron chi connectivity index (χ3n) is 4.85. The number of nitrogens with zero attached hydrogens (tertiary/aromatic N) is 1. The molecular formula is C22H23NO6. The largest absolute Gasteiger partial charge is 0.488 e. The van der Waals surface area contributed by atoms with Crippen LogP contribution in [0.3, 0.4) is 0 Å². The Labute approximate surface area is 169 Å². The molecule has 0 bridgehead atoms. The van der Waals surface area contributed by atoms with Crippen LogP contribution in [0.5, 0.6) is 5.75 Å². The summed E-state index contributed by atoms with van der Waals surface area (Å²) >= 11 is 0. The van der Waals surface area contributed by atoms with Crippen molar-refractivity contribution in [3.8, 4) is 5.75 Å². The molecule has 1 aliphatic rings. The lowest BCUT2D eigenvalue weighted by molar-refractivity contribution is -0.145. The first-order valence-electron chi connectivity index (χ1n) is 9.24. The van der Waals surface area contributed by atoms with Crippen molar-refractivity contribution in [2.24, 2.45) is 0 Å². The maximum absolute atomic E-state index is 12.9. The summed E-state index contributed by atoms with van der Waals surface area (Å²) in [5, 5.41) is 0. The van der Waals surface area contributed by atoms with Gasteiger partial charge in [-0.2, -0.15) is 0 Å². The molecule has 1 aliphatic heterocycles. The minimum Gasteiger partial charge on any atom is -0.488 e. The number of carbonyl (C=O) groups is 3. The molecule has 0 saturated carbocycles. The number of esters is 2. The second kappa shape index (κ2) is 8.77. The van der Waals surface area contributed by atoms with Gasteiger partial charge in [-0.1, -0.05) is 29.8 Å². The number of rotatable bonds is 5. The van der Waals surface area contributed by atoms with Crippen molar-refractivity contribution in [3.05, 3.63) is 65.2 Å². The lowest BCUT2D eigenvalue weighted by Gasteiger charge is -2.22. The molecule has 0 unspecified atom stereocenters. The molecule has 2 atom stereocenters. The van der Waals surface area contributed by atoms with Crippen LogP contribution in [0.15, 0.2) is 48.5 Å². The van der Waals surface area contributed by atoms with Gasteiger partial charge in [-0.05, 0) is 31.2 Å². The average Bonchev–Trinajstić information content (AvgIpc) is 3.17. The Kier molecular flexibility index (Phi) is 6.16. The predicted octanol–water partition coefficient (Wildman–Crippen LogP) is 2.62. The van der Waals surface area contributed by atoms with Crippen molar-refractivity contribution in [1.82, 2.24) is 4.90 Å². The highest BCUT2D eigenvalue weighted by molar-refractivity contribution is 5.97. The maximum Gasteiger partial charge on any atom is 0.341 e. The highest BCUT2D eigenvalue weighted by Gasteiger charge is 2.42. The fourth-order valence-electron chi connectivity index (χ4n) is 3.41. The van der Waals surface area contributed by atoms with Gasteiger partial charge in [0.2, 0.25) is 0 Å². The third kappa shape index (κ3) is 4.39. The Morgan fingerprint density at radius 1 is 1.00 bits per heavy atom. The molecule has 2 aromatic rings. The van der Waals surface area contributed by atoms with Gasteiger partial charge < -0.3 is 19.1 Å². The second-order valence-corrected chi connectivity index (χ2v) is 6.83. The molecule has 2 aromatic carbocycles. The molecule has 0 aromatic heterocycles. The first-order valence-corrected chi connectivity index (χ1v) is 9.24.